The van der Waals surface area contributed by atoms with Crippen molar-refractivity contribution in [3.63, 3.8) is 0 Å². The molecule has 0 aromatic rings. The van der Waals surface area contributed by atoms with Crippen molar-refractivity contribution in [2.24, 2.45) is 0 Å². The number of aliphatic hydroxyl groups excluding tert-OH is 2. The Morgan fingerprint density at radius 1 is 1.36 bits per heavy atom. The van der Waals surface area contributed by atoms with E-state index in [1.54, 1.807) is 0 Å². The van der Waals surface area contributed by atoms with E-state index in [9.17, 15) is 4.79 Å². The lowest BCUT2D eigenvalue weighted by molar-refractivity contribution is 0.115. The van der Waals surface area contributed by atoms with E-state index in [0.29, 0.717) is 0 Å². The lowest BCUT2D eigenvalue weighted by Gasteiger charge is -2.21. The summed E-state index contributed by atoms with van der Waals surface area (Å²) < 4.78 is 4.62. The van der Waals surface area contributed by atoms with E-state index in [1.807, 2.05) is 0 Å². The first-order valence-corrected chi connectivity index (χ1v) is 4.24. The highest BCUT2D eigenvalue weighted by Crippen LogP contribution is 1.80. The van der Waals surface area contributed by atoms with Crippen molar-refractivity contribution in [2.45, 2.75) is 0 Å². The minimum absolute atomic E-state index is 0.0927. The molecule has 2 amide bonds. The number of amides is 2. The molecule has 0 aromatic heterocycles. The van der Waals surface area contributed by atoms with Crippen molar-refractivity contribution < 1.29 is 19.7 Å². The minimum Gasteiger partial charge on any atom is -0.395 e. The Labute approximate surface area is 82.6 Å². The molecule has 0 spiro atoms. The lowest BCUT2D eigenvalue weighted by atomic mass is 10.6. The number of nitrogens with one attached hydrogen (secondary N) is 2. The van der Waals surface area contributed by atoms with Crippen LogP contribution in [0, 0.1) is 0 Å². The van der Waals surface area contributed by atoms with E-state index in [-0.39, 0.29) is 33.0 Å². The number of aliphatic hydroxyl groups is 2. The maximum absolute atomic E-state index is 11.1. The highest BCUT2D eigenvalue weighted by molar-refractivity contribution is 5.73. The Balaban J connectivity index is 3.71. The van der Waals surface area contributed by atoms with E-state index < -0.39 is 6.03 Å². The molecule has 0 fully saturated rings. The van der Waals surface area contributed by atoms with Crippen molar-refractivity contribution in [2.75, 3.05) is 40.1 Å². The van der Waals surface area contributed by atoms with Crippen molar-refractivity contribution >= 4 is 6.03 Å². The number of ether oxygens (including phenoxy) is 1. The molecular formula is C7H17N3O4. The van der Waals surface area contributed by atoms with Crippen LogP contribution in [0.15, 0.2) is 0 Å². The van der Waals surface area contributed by atoms with Crippen LogP contribution in [-0.4, -0.2) is 61.4 Å². The number of hydrazine groups is 1. The van der Waals surface area contributed by atoms with Gasteiger partial charge in [-0.05, 0) is 0 Å². The fraction of sp³-hybridized carbons (Fsp3) is 0.857. The van der Waals surface area contributed by atoms with Crippen LogP contribution < -0.4 is 10.7 Å². The maximum atomic E-state index is 11.1. The third-order valence-corrected chi connectivity index (χ3v) is 1.38. The predicted octanol–water partition coefficient (Wildman–Crippen LogP) is -1.91. The van der Waals surface area contributed by atoms with Crippen molar-refractivity contribution in [1.82, 2.24) is 15.8 Å². The van der Waals surface area contributed by atoms with Crippen LogP contribution in [0.3, 0.4) is 0 Å². The molecule has 14 heavy (non-hydrogen) atoms. The highest BCUT2D eigenvalue weighted by atomic mass is 16.5. The van der Waals surface area contributed by atoms with Crippen LogP contribution in [0.25, 0.3) is 0 Å². The van der Waals surface area contributed by atoms with E-state index in [2.05, 4.69) is 15.5 Å². The first-order chi connectivity index (χ1) is 6.74. The summed E-state index contributed by atoms with van der Waals surface area (Å²) in [7, 11) is 1.46. The average molecular weight is 207 g/mol. The summed E-state index contributed by atoms with van der Waals surface area (Å²) in [6.07, 6.45) is 0. The maximum Gasteiger partial charge on any atom is 0.331 e. The minimum atomic E-state index is -0.436. The van der Waals surface area contributed by atoms with Crippen LogP contribution in [0.5, 0.6) is 0 Å². The van der Waals surface area contributed by atoms with Crippen LogP contribution in [0.1, 0.15) is 0 Å². The van der Waals surface area contributed by atoms with E-state index >= 15 is 0 Å². The molecule has 84 valence electrons. The van der Waals surface area contributed by atoms with Gasteiger partial charge in [-0.25, -0.2) is 9.80 Å². The summed E-state index contributed by atoms with van der Waals surface area (Å²) in [5.41, 5.74) is 2.44. The first kappa shape index (κ1) is 13.1. The van der Waals surface area contributed by atoms with Crippen LogP contribution in [-0.2, 0) is 4.74 Å². The third-order valence-electron chi connectivity index (χ3n) is 1.38. The molecule has 0 aromatic carbocycles. The van der Waals surface area contributed by atoms with Crippen molar-refractivity contribution in [3.05, 3.63) is 0 Å². The molecule has 0 aliphatic carbocycles. The zero-order valence-corrected chi connectivity index (χ0v) is 8.19. The normalized spacial score (nSPS) is 10.3. The molecule has 0 heterocycles. The van der Waals surface area contributed by atoms with Gasteiger partial charge < -0.3 is 20.3 Å². The molecule has 0 unspecified atom stereocenters. The Kier molecular flexibility index (Phi) is 8.14. The monoisotopic (exact) mass is 207 g/mol. The molecule has 7 nitrogen and oxygen atoms in total. The predicted molar refractivity (Wildman–Crippen MR) is 49.3 cm³/mol. The molecule has 0 aliphatic heterocycles. The average Bonchev–Trinajstić information content (AvgIpc) is 2.15. The topological polar surface area (TPSA) is 94.1 Å². The van der Waals surface area contributed by atoms with Gasteiger partial charge in [0, 0.05) is 20.2 Å². The van der Waals surface area contributed by atoms with E-state index in [1.165, 1.54) is 12.1 Å². The Morgan fingerprint density at radius 3 is 2.36 bits per heavy atom. The summed E-state index contributed by atoms with van der Waals surface area (Å²) in [6.45, 7) is 0.453. The number of rotatable bonds is 7. The van der Waals surface area contributed by atoms with Gasteiger partial charge in [0.25, 0.3) is 0 Å². The largest absolute Gasteiger partial charge is 0.395 e. The van der Waals surface area contributed by atoms with Gasteiger partial charge in [-0.3, -0.25) is 5.43 Å². The van der Waals surface area contributed by atoms with Gasteiger partial charge in [0.1, 0.15) is 6.73 Å². The van der Waals surface area contributed by atoms with Gasteiger partial charge in [0.2, 0.25) is 0 Å². The Hall–Kier alpha value is -0.890. The summed E-state index contributed by atoms with van der Waals surface area (Å²) in [4.78, 5) is 11.1. The smallest absolute Gasteiger partial charge is 0.331 e. The molecule has 0 radical (unpaired) electrons. The number of methoxy groups -OCH3 is 1. The highest BCUT2D eigenvalue weighted by Gasteiger charge is 2.06. The summed E-state index contributed by atoms with van der Waals surface area (Å²) in [5.74, 6) is 0. The van der Waals surface area contributed by atoms with Crippen LogP contribution in [0.2, 0.25) is 0 Å². The number of carbonyl (C=O) groups is 1. The number of hydrogen-bond acceptors (Lipinski definition) is 5. The zero-order chi connectivity index (χ0) is 10.8. The lowest BCUT2D eigenvalue weighted by Crippen LogP contribution is -2.49. The second-order valence-electron chi connectivity index (χ2n) is 2.48. The standard InChI is InChI=1S/C7H17N3O4/c1-14-6-8-7(13)9-10(2-4-11)3-5-12/h11-12H,2-6H2,1H3,(H2,8,9,13). The quantitative estimate of drug-likeness (QED) is 0.289. The van der Waals surface area contributed by atoms with Gasteiger partial charge >= 0.3 is 6.03 Å². The van der Waals surface area contributed by atoms with Crippen LogP contribution >= 0.6 is 0 Å². The van der Waals surface area contributed by atoms with Crippen molar-refractivity contribution in [3.8, 4) is 0 Å². The van der Waals surface area contributed by atoms with Gasteiger partial charge in [0.05, 0.1) is 13.2 Å². The van der Waals surface area contributed by atoms with Gasteiger partial charge in [-0.2, -0.15) is 0 Å². The van der Waals surface area contributed by atoms with Gasteiger partial charge in [-0.15, -0.1) is 0 Å². The van der Waals surface area contributed by atoms with Crippen LogP contribution in [0.4, 0.5) is 4.79 Å². The molecule has 0 saturated carbocycles. The molecule has 0 atom stereocenters. The summed E-state index contributed by atoms with van der Waals surface area (Å²) >= 11 is 0. The SMILES string of the molecule is COCNC(=O)NN(CCO)CCO. The Morgan fingerprint density at radius 2 is 1.93 bits per heavy atom. The van der Waals surface area contributed by atoms with Gasteiger partial charge in [-0.1, -0.05) is 0 Å². The zero-order valence-electron chi connectivity index (χ0n) is 8.19. The number of nitrogens with zero attached hydrogens (tertiary/aromatic N) is 1. The fourth-order valence-corrected chi connectivity index (χ4v) is 0.786. The van der Waals surface area contributed by atoms with Crippen molar-refractivity contribution in [1.29, 1.82) is 0 Å². The molecule has 0 bridgehead atoms. The van der Waals surface area contributed by atoms with E-state index in [0.717, 1.165) is 0 Å². The first-order valence-electron chi connectivity index (χ1n) is 4.24. The molecule has 0 saturated heterocycles. The van der Waals surface area contributed by atoms with E-state index in [4.69, 9.17) is 10.2 Å². The molecule has 0 rings (SSSR count). The second-order valence-corrected chi connectivity index (χ2v) is 2.48. The number of urea groups is 1. The number of hydrogen-bond donors (Lipinski definition) is 4. The summed E-state index contributed by atoms with van der Waals surface area (Å²) in [5, 5.41) is 21.1. The molecule has 7 heteroatoms. The molecule has 0 aliphatic rings. The van der Waals surface area contributed by atoms with Gasteiger partial charge in [0.15, 0.2) is 0 Å². The second kappa shape index (κ2) is 8.70. The molecule has 4 N–H and O–H groups in total. The fourth-order valence-electron chi connectivity index (χ4n) is 0.786. The molecular weight excluding hydrogens is 190 g/mol. The Bertz CT molecular complexity index is 150. The summed E-state index contributed by atoms with van der Waals surface area (Å²) in [6, 6.07) is -0.436. The number of carbonyl (C=O) groups excluding carboxylic acids is 1. The third kappa shape index (κ3) is 6.61.